The van der Waals surface area contributed by atoms with Crippen LogP contribution < -0.4 is 11.1 Å². The van der Waals surface area contributed by atoms with Crippen LogP contribution >= 0.6 is 0 Å². The summed E-state index contributed by atoms with van der Waals surface area (Å²) in [5.41, 5.74) is 9.21. The summed E-state index contributed by atoms with van der Waals surface area (Å²) in [6.45, 7) is 7.04. The van der Waals surface area contributed by atoms with Crippen molar-refractivity contribution in [2.24, 2.45) is 0 Å². The summed E-state index contributed by atoms with van der Waals surface area (Å²) in [6, 6.07) is 4.56. The van der Waals surface area contributed by atoms with Crippen LogP contribution in [0.25, 0.3) is 0 Å². The van der Waals surface area contributed by atoms with E-state index in [0.29, 0.717) is 5.95 Å². The zero-order valence-corrected chi connectivity index (χ0v) is 13.9. The average Bonchev–Trinajstić information content (AvgIpc) is 2.80. The first kappa shape index (κ1) is 15.6. The van der Waals surface area contributed by atoms with Gasteiger partial charge in [-0.3, -0.25) is 0 Å². The Hall–Kier alpha value is -2.24. The number of benzene rings is 1. The summed E-state index contributed by atoms with van der Waals surface area (Å²) in [4.78, 5) is 12.2. The minimum Gasteiger partial charge on any atom is -0.368 e. The predicted molar refractivity (Wildman–Crippen MR) is 89.0 cm³/mol. The van der Waals surface area contributed by atoms with Crippen LogP contribution in [0.15, 0.2) is 12.1 Å². The largest absolute Gasteiger partial charge is 0.368 e. The molecular weight excluding hydrogens is 293 g/mol. The summed E-state index contributed by atoms with van der Waals surface area (Å²) in [7, 11) is 0. The third-order valence-electron chi connectivity index (χ3n) is 4.32. The lowest BCUT2D eigenvalue weighted by Gasteiger charge is -2.18. The van der Waals surface area contributed by atoms with Gasteiger partial charge in [0, 0.05) is 0 Å². The van der Waals surface area contributed by atoms with Crippen LogP contribution in [0.1, 0.15) is 54.4 Å². The van der Waals surface area contributed by atoms with E-state index in [-0.39, 0.29) is 17.8 Å². The number of hydrogen-bond acceptors (Lipinski definition) is 5. The van der Waals surface area contributed by atoms with Crippen molar-refractivity contribution < 1.29 is 4.39 Å². The molecular formula is C17H22FN5. The van der Waals surface area contributed by atoms with Gasteiger partial charge in [0.25, 0.3) is 0 Å². The van der Waals surface area contributed by atoms with Gasteiger partial charge >= 0.3 is 0 Å². The van der Waals surface area contributed by atoms with Crippen LogP contribution in [0.5, 0.6) is 0 Å². The number of aromatic nitrogens is 3. The number of nitrogens with zero attached hydrogens (tertiary/aromatic N) is 3. The first-order chi connectivity index (χ1) is 10.7. The van der Waals surface area contributed by atoms with Gasteiger partial charge in [-0.05, 0) is 62.8 Å². The summed E-state index contributed by atoms with van der Waals surface area (Å²) in [5.74, 6) is 0.404. The second-order valence-electron chi connectivity index (χ2n) is 6.68. The standard InChI is InChI=1S/C17H22FN5/c1-9-7-11-5-6-13(12(11)8-10(9)2)20-16-22-14(17(3,4)18)21-15(19)23-16/h7-8,13H,5-6H2,1-4H3,(H3,19,20,21,22,23)/t13-/m1/s1. The monoisotopic (exact) mass is 315 g/mol. The van der Waals surface area contributed by atoms with Crippen molar-refractivity contribution >= 4 is 11.9 Å². The highest BCUT2D eigenvalue weighted by molar-refractivity contribution is 5.46. The van der Waals surface area contributed by atoms with E-state index in [1.165, 1.54) is 36.1 Å². The van der Waals surface area contributed by atoms with E-state index in [2.05, 4.69) is 46.2 Å². The summed E-state index contributed by atoms with van der Waals surface area (Å²) >= 11 is 0. The topological polar surface area (TPSA) is 76.7 Å². The van der Waals surface area contributed by atoms with Crippen molar-refractivity contribution in [3.63, 3.8) is 0 Å². The predicted octanol–water partition coefficient (Wildman–Crippen LogP) is 3.37. The van der Waals surface area contributed by atoms with Gasteiger partial charge in [-0.15, -0.1) is 0 Å². The Balaban J connectivity index is 1.91. The molecule has 3 rings (SSSR count). The molecule has 122 valence electrons. The molecule has 0 saturated carbocycles. The minimum absolute atomic E-state index is 0.0292. The van der Waals surface area contributed by atoms with Crippen molar-refractivity contribution in [2.45, 2.75) is 52.2 Å². The highest BCUT2D eigenvalue weighted by Crippen LogP contribution is 2.35. The van der Waals surface area contributed by atoms with Crippen molar-refractivity contribution in [3.8, 4) is 0 Å². The molecule has 23 heavy (non-hydrogen) atoms. The molecule has 0 fully saturated rings. The zero-order chi connectivity index (χ0) is 16.8. The van der Waals surface area contributed by atoms with E-state index < -0.39 is 5.67 Å². The van der Waals surface area contributed by atoms with Crippen LogP contribution in [0.3, 0.4) is 0 Å². The Bertz CT molecular complexity index is 751. The van der Waals surface area contributed by atoms with E-state index in [0.717, 1.165) is 12.8 Å². The molecule has 6 heteroatoms. The van der Waals surface area contributed by atoms with E-state index in [9.17, 15) is 4.39 Å². The summed E-state index contributed by atoms with van der Waals surface area (Å²) in [5, 5.41) is 3.29. The van der Waals surface area contributed by atoms with Gasteiger partial charge in [-0.25, -0.2) is 4.39 Å². The Morgan fingerprint density at radius 1 is 1.17 bits per heavy atom. The van der Waals surface area contributed by atoms with Crippen LogP contribution in [0.2, 0.25) is 0 Å². The van der Waals surface area contributed by atoms with Gasteiger partial charge in [0.1, 0.15) is 0 Å². The molecule has 0 amide bonds. The van der Waals surface area contributed by atoms with Gasteiger partial charge in [0.2, 0.25) is 11.9 Å². The van der Waals surface area contributed by atoms with Gasteiger partial charge in [-0.2, -0.15) is 15.0 Å². The molecule has 1 aromatic carbocycles. The SMILES string of the molecule is Cc1cc2c(cc1C)[C@H](Nc1nc(N)nc(C(C)(C)F)n1)CC2. The Morgan fingerprint density at radius 3 is 2.57 bits per heavy atom. The number of nitrogens with two attached hydrogens (primary N) is 1. The molecule has 1 heterocycles. The van der Waals surface area contributed by atoms with E-state index in [1.54, 1.807) is 0 Å². The number of nitrogen functional groups attached to an aromatic ring is 1. The highest BCUT2D eigenvalue weighted by Gasteiger charge is 2.27. The number of alkyl halides is 1. The Morgan fingerprint density at radius 2 is 1.87 bits per heavy atom. The molecule has 1 aliphatic rings. The molecule has 3 N–H and O–H groups in total. The summed E-state index contributed by atoms with van der Waals surface area (Å²) in [6.07, 6.45) is 1.97. The van der Waals surface area contributed by atoms with Gasteiger partial charge in [-0.1, -0.05) is 12.1 Å². The Labute approximate surface area is 135 Å². The fraction of sp³-hybridized carbons (Fsp3) is 0.471. The molecule has 0 aliphatic heterocycles. The fourth-order valence-corrected chi connectivity index (χ4v) is 2.92. The normalized spacial score (nSPS) is 17.2. The number of halogens is 1. The lowest BCUT2D eigenvalue weighted by molar-refractivity contribution is 0.206. The third kappa shape index (κ3) is 3.11. The van der Waals surface area contributed by atoms with Crippen LogP contribution in [-0.4, -0.2) is 15.0 Å². The minimum atomic E-state index is -1.66. The average molecular weight is 315 g/mol. The van der Waals surface area contributed by atoms with Crippen molar-refractivity contribution in [3.05, 3.63) is 40.2 Å². The van der Waals surface area contributed by atoms with E-state index in [4.69, 9.17) is 5.73 Å². The number of fused-ring (bicyclic) bond motifs is 1. The maximum Gasteiger partial charge on any atom is 0.228 e. The molecule has 5 nitrogen and oxygen atoms in total. The maximum atomic E-state index is 14.1. The lowest BCUT2D eigenvalue weighted by atomic mass is 10.0. The quantitative estimate of drug-likeness (QED) is 0.908. The first-order valence-corrected chi connectivity index (χ1v) is 7.81. The fourth-order valence-electron chi connectivity index (χ4n) is 2.92. The summed E-state index contributed by atoms with van der Waals surface area (Å²) < 4.78 is 14.1. The highest BCUT2D eigenvalue weighted by atomic mass is 19.1. The molecule has 0 spiro atoms. The van der Waals surface area contributed by atoms with Crippen molar-refractivity contribution in [1.29, 1.82) is 0 Å². The molecule has 1 atom stereocenters. The Kier molecular flexibility index (Phi) is 3.70. The maximum absolute atomic E-state index is 14.1. The number of nitrogens with one attached hydrogen (secondary N) is 1. The van der Waals surface area contributed by atoms with Gasteiger partial charge in [0.05, 0.1) is 6.04 Å². The second-order valence-corrected chi connectivity index (χ2v) is 6.68. The number of rotatable bonds is 3. The van der Waals surface area contributed by atoms with E-state index >= 15 is 0 Å². The van der Waals surface area contributed by atoms with Crippen LogP contribution in [0.4, 0.5) is 16.3 Å². The van der Waals surface area contributed by atoms with Gasteiger partial charge in [0.15, 0.2) is 11.5 Å². The molecule has 0 radical (unpaired) electrons. The van der Waals surface area contributed by atoms with Gasteiger partial charge < -0.3 is 11.1 Å². The number of anilines is 2. The smallest absolute Gasteiger partial charge is 0.228 e. The second kappa shape index (κ2) is 5.44. The molecule has 1 aliphatic carbocycles. The molecule has 0 bridgehead atoms. The van der Waals surface area contributed by atoms with Crippen molar-refractivity contribution in [1.82, 2.24) is 15.0 Å². The molecule has 0 saturated heterocycles. The molecule has 0 unspecified atom stereocenters. The van der Waals surface area contributed by atoms with Crippen molar-refractivity contribution in [2.75, 3.05) is 11.1 Å². The first-order valence-electron chi connectivity index (χ1n) is 7.81. The zero-order valence-electron chi connectivity index (χ0n) is 13.9. The molecule has 1 aromatic heterocycles. The number of hydrogen-bond donors (Lipinski definition) is 2. The lowest BCUT2D eigenvalue weighted by Crippen LogP contribution is -2.19. The number of aryl methyl sites for hydroxylation is 3. The third-order valence-corrected chi connectivity index (χ3v) is 4.32. The van der Waals surface area contributed by atoms with E-state index in [1.807, 2.05) is 0 Å². The van der Waals surface area contributed by atoms with Crippen LogP contribution in [-0.2, 0) is 12.1 Å². The molecule has 2 aromatic rings. The van der Waals surface area contributed by atoms with Crippen LogP contribution in [0, 0.1) is 13.8 Å².